The molecule has 1 aromatic rings. The number of anilines is 1. The Labute approximate surface area is 113 Å². The van der Waals surface area contributed by atoms with Gasteiger partial charge in [-0.15, -0.1) is 0 Å². The second kappa shape index (κ2) is 6.38. The Balaban J connectivity index is 2.74. The molecule has 18 heavy (non-hydrogen) atoms. The first-order valence-corrected chi connectivity index (χ1v) is 7.46. The van der Waals surface area contributed by atoms with Gasteiger partial charge in [0.05, 0.1) is 5.69 Å². The fourth-order valence-corrected chi connectivity index (χ4v) is 2.68. The normalized spacial score (nSPS) is 12.0. The van der Waals surface area contributed by atoms with Crippen molar-refractivity contribution < 1.29 is 8.42 Å². The third kappa shape index (κ3) is 4.13. The molecule has 0 bridgehead atoms. The van der Waals surface area contributed by atoms with Crippen molar-refractivity contribution in [2.45, 2.75) is 11.8 Å². The monoisotopic (exact) mass is 291 g/mol. The van der Waals surface area contributed by atoms with Gasteiger partial charge in [-0.25, -0.2) is 13.1 Å². The van der Waals surface area contributed by atoms with Gasteiger partial charge in [0, 0.05) is 18.1 Å². The average Bonchev–Trinajstić information content (AvgIpc) is 2.27. The summed E-state index contributed by atoms with van der Waals surface area (Å²) in [6.07, 6.45) is 0. The molecule has 0 spiro atoms. The number of hydrogen-bond donors (Lipinski definition) is 2. The topological polar surface area (TPSA) is 75.4 Å². The number of nitrogens with one attached hydrogen (secondary N) is 1. The van der Waals surface area contributed by atoms with E-state index in [9.17, 15) is 8.42 Å². The third-order valence-corrected chi connectivity index (χ3v) is 4.36. The standard InChI is InChI=1S/C11H18ClN3O2S/c1-3-15(2)7-6-14-18(16,17)11-5-4-9(12)8-10(11)13/h4-5,8,14H,3,6-7,13H2,1-2H3. The quantitative estimate of drug-likeness (QED) is 0.771. The van der Waals surface area contributed by atoms with E-state index in [0.717, 1.165) is 6.54 Å². The summed E-state index contributed by atoms with van der Waals surface area (Å²) in [5, 5.41) is 0.414. The summed E-state index contributed by atoms with van der Waals surface area (Å²) in [6.45, 7) is 3.86. The number of rotatable bonds is 6. The molecule has 3 N–H and O–H groups in total. The molecule has 0 heterocycles. The summed E-state index contributed by atoms with van der Waals surface area (Å²) in [5.74, 6) is 0. The number of benzene rings is 1. The molecule has 0 radical (unpaired) electrons. The summed E-state index contributed by atoms with van der Waals surface area (Å²) in [4.78, 5) is 2.07. The highest BCUT2D eigenvalue weighted by Crippen LogP contribution is 2.21. The van der Waals surface area contributed by atoms with Gasteiger partial charge < -0.3 is 10.6 Å². The number of nitrogens with zero attached hydrogens (tertiary/aromatic N) is 1. The SMILES string of the molecule is CCN(C)CCNS(=O)(=O)c1ccc(Cl)cc1N. The van der Waals surface area contributed by atoms with Crippen LogP contribution < -0.4 is 10.5 Å². The minimum Gasteiger partial charge on any atom is -0.398 e. The zero-order valence-corrected chi connectivity index (χ0v) is 12.1. The van der Waals surface area contributed by atoms with Crippen LogP contribution in [0.2, 0.25) is 5.02 Å². The second-order valence-corrected chi connectivity index (χ2v) is 6.15. The largest absolute Gasteiger partial charge is 0.398 e. The van der Waals surface area contributed by atoms with Crippen molar-refractivity contribution in [3.8, 4) is 0 Å². The van der Waals surface area contributed by atoms with E-state index in [2.05, 4.69) is 4.72 Å². The van der Waals surface area contributed by atoms with E-state index in [1.165, 1.54) is 18.2 Å². The second-order valence-electron chi connectivity index (χ2n) is 3.98. The van der Waals surface area contributed by atoms with E-state index in [1.807, 2.05) is 18.9 Å². The summed E-state index contributed by atoms with van der Waals surface area (Å²) in [5.41, 5.74) is 5.80. The van der Waals surface area contributed by atoms with Gasteiger partial charge in [0.15, 0.2) is 0 Å². The number of hydrogen-bond acceptors (Lipinski definition) is 4. The van der Waals surface area contributed by atoms with Gasteiger partial charge >= 0.3 is 0 Å². The molecule has 0 unspecified atom stereocenters. The minimum absolute atomic E-state index is 0.0612. The van der Waals surface area contributed by atoms with Crippen molar-refractivity contribution in [3.05, 3.63) is 23.2 Å². The van der Waals surface area contributed by atoms with Gasteiger partial charge in [0.1, 0.15) is 4.90 Å². The number of sulfonamides is 1. The average molecular weight is 292 g/mol. The van der Waals surface area contributed by atoms with Crippen LogP contribution in [-0.2, 0) is 10.0 Å². The molecule has 0 saturated heterocycles. The molecular formula is C11H18ClN3O2S. The molecule has 0 aromatic heterocycles. The molecule has 0 saturated carbocycles. The van der Waals surface area contributed by atoms with Crippen molar-refractivity contribution in [2.24, 2.45) is 0 Å². The predicted molar refractivity (Wildman–Crippen MR) is 74.2 cm³/mol. The van der Waals surface area contributed by atoms with Crippen molar-refractivity contribution in [2.75, 3.05) is 32.4 Å². The van der Waals surface area contributed by atoms with Crippen LogP contribution >= 0.6 is 11.6 Å². The van der Waals surface area contributed by atoms with Crippen molar-refractivity contribution in [1.29, 1.82) is 0 Å². The number of halogens is 1. The fraction of sp³-hybridized carbons (Fsp3) is 0.455. The van der Waals surface area contributed by atoms with Crippen molar-refractivity contribution in [1.82, 2.24) is 9.62 Å². The van der Waals surface area contributed by atoms with Gasteiger partial charge in [0.2, 0.25) is 10.0 Å². The third-order valence-electron chi connectivity index (χ3n) is 2.59. The van der Waals surface area contributed by atoms with E-state index in [0.29, 0.717) is 18.1 Å². The van der Waals surface area contributed by atoms with Crippen LogP contribution in [0.1, 0.15) is 6.92 Å². The van der Waals surface area contributed by atoms with Crippen LogP contribution in [0.3, 0.4) is 0 Å². The lowest BCUT2D eigenvalue weighted by atomic mass is 10.3. The van der Waals surface area contributed by atoms with Crippen LogP contribution in [-0.4, -0.2) is 40.0 Å². The van der Waals surface area contributed by atoms with Crippen LogP contribution in [0.5, 0.6) is 0 Å². The van der Waals surface area contributed by atoms with E-state index in [1.54, 1.807) is 0 Å². The predicted octanol–water partition coefficient (Wildman–Crippen LogP) is 1.15. The highest BCUT2D eigenvalue weighted by Gasteiger charge is 2.16. The first-order valence-electron chi connectivity index (χ1n) is 5.60. The first-order chi connectivity index (χ1) is 8.36. The summed E-state index contributed by atoms with van der Waals surface area (Å²) < 4.78 is 26.5. The molecule has 5 nitrogen and oxygen atoms in total. The summed E-state index contributed by atoms with van der Waals surface area (Å²) >= 11 is 5.73. The van der Waals surface area contributed by atoms with Crippen LogP contribution in [0, 0.1) is 0 Å². The Morgan fingerprint density at radius 2 is 2.11 bits per heavy atom. The zero-order chi connectivity index (χ0) is 13.8. The molecule has 0 fully saturated rings. The highest BCUT2D eigenvalue weighted by atomic mass is 35.5. The molecule has 0 aliphatic heterocycles. The van der Waals surface area contributed by atoms with Gasteiger partial charge in [-0.1, -0.05) is 18.5 Å². The molecule has 0 atom stereocenters. The van der Waals surface area contributed by atoms with Crippen molar-refractivity contribution in [3.63, 3.8) is 0 Å². The molecule has 102 valence electrons. The maximum absolute atomic E-state index is 12.0. The van der Waals surface area contributed by atoms with E-state index in [4.69, 9.17) is 17.3 Å². The van der Waals surface area contributed by atoms with Crippen molar-refractivity contribution >= 4 is 27.3 Å². The van der Waals surface area contributed by atoms with Gasteiger partial charge in [-0.3, -0.25) is 0 Å². The minimum atomic E-state index is -3.57. The van der Waals surface area contributed by atoms with Gasteiger partial charge in [-0.05, 0) is 31.8 Å². The maximum atomic E-state index is 12.0. The van der Waals surface area contributed by atoms with Crippen LogP contribution in [0.4, 0.5) is 5.69 Å². The molecular weight excluding hydrogens is 274 g/mol. The lowest BCUT2D eigenvalue weighted by Crippen LogP contribution is -2.33. The molecule has 1 rings (SSSR count). The van der Waals surface area contributed by atoms with Crippen LogP contribution in [0.15, 0.2) is 23.1 Å². The number of nitrogens with two attached hydrogens (primary N) is 1. The summed E-state index contributed by atoms with van der Waals surface area (Å²) in [6, 6.07) is 4.34. The van der Waals surface area contributed by atoms with Crippen LogP contribution in [0.25, 0.3) is 0 Å². The maximum Gasteiger partial charge on any atom is 0.242 e. The lowest BCUT2D eigenvalue weighted by Gasteiger charge is -2.14. The van der Waals surface area contributed by atoms with Gasteiger partial charge in [0.25, 0.3) is 0 Å². The Hall–Kier alpha value is -0.820. The lowest BCUT2D eigenvalue weighted by molar-refractivity contribution is 0.358. The fourth-order valence-electron chi connectivity index (χ4n) is 1.37. The highest BCUT2D eigenvalue weighted by molar-refractivity contribution is 7.89. The first kappa shape index (κ1) is 15.2. The Kier molecular flexibility index (Phi) is 5.40. The summed E-state index contributed by atoms with van der Waals surface area (Å²) in [7, 11) is -1.65. The Morgan fingerprint density at radius 1 is 1.44 bits per heavy atom. The zero-order valence-electron chi connectivity index (χ0n) is 10.5. The number of likely N-dealkylation sites (N-methyl/N-ethyl adjacent to an activating group) is 1. The number of nitrogen functional groups attached to an aromatic ring is 1. The Morgan fingerprint density at radius 3 is 2.67 bits per heavy atom. The van der Waals surface area contributed by atoms with E-state index >= 15 is 0 Å². The molecule has 1 aromatic carbocycles. The molecule has 0 aliphatic carbocycles. The Bertz CT molecular complexity index is 505. The molecule has 7 heteroatoms. The molecule has 0 amide bonds. The molecule has 0 aliphatic rings. The van der Waals surface area contributed by atoms with E-state index < -0.39 is 10.0 Å². The van der Waals surface area contributed by atoms with Gasteiger partial charge in [-0.2, -0.15) is 0 Å². The smallest absolute Gasteiger partial charge is 0.242 e. The van der Waals surface area contributed by atoms with E-state index in [-0.39, 0.29) is 10.6 Å².